The Morgan fingerprint density at radius 1 is 0.274 bits per heavy atom. The lowest BCUT2D eigenvalue weighted by Gasteiger charge is -2.51. The fraction of sp³-hybridized carbons (Fsp3) is 0.100. The number of para-hydroxylation sites is 4. The van der Waals surface area contributed by atoms with Gasteiger partial charge in [-0.1, -0.05) is 274 Å². The van der Waals surface area contributed by atoms with Crippen molar-refractivity contribution in [2.45, 2.75) is 51.6 Å². The lowest BCUT2D eigenvalue weighted by Crippen LogP contribution is -2.61. The molecule has 5 nitrogen and oxygen atoms in total. The van der Waals surface area contributed by atoms with Crippen molar-refractivity contribution in [3.63, 3.8) is 0 Å². The number of hydrogen-bond acceptors (Lipinski definition) is 3. The Bertz CT molecular complexity index is 6050. The van der Waals surface area contributed by atoms with E-state index in [-0.39, 0.29) is 6.71 Å². The fourth-order valence-electron chi connectivity index (χ4n) is 19.5. The van der Waals surface area contributed by atoms with Crippen LogP contribution in [0.4, 0.5) is 39.8 Å². The van der Waals surface area contributed by atoms with Crippen LogP contribution in [0.2, 0.25) is 0 Å². The van der Waals surface area contributed by atoms with E-state index in [1.165, 1.54) is 91.6 Å². The number of fused-ring (bicyclic) bond motifs is 12. The number of piperidine rings is 1. The average Bonchev–Trinajstić information content (AvgIpc) is 0.693. The highest BCUT2D eigenvalue weighted by atomic mass is 15.2. The van der Waals surface area contributed by atoms with Gasteiger partial charge in [-0.25, -0.2) is 0 Å². The maximum atomic E-state index is 2.86. The second-order valence-electron chi connectivity index (χ2n) is 30.1. The third-order valence-electron chi connectivity index (χ3n) is 23.8. The molecule has 6 heteroatoms. The molecule has 3 aliphatic heterocycles. The molecule has 106 heavy (non-hydrogen) atoms. The third kappa shape index (κ3) is 9.98. The number of anilines is 7. The zero-order valence-corrected chi connectivity index (χ0v) is 59.4. The van der Waals surface area contributed by atoms with Crippen LogP contribution in [-0.2, 0) is 0 Å². The number of benzene rings is 15. The first-order chi connectivity index (χ1) is 52.4. The Labute approximate surface area is 619 Å². The van der Waals surface area contributed by atoms with Crippen LogP contribution < -0.4 is 31.1 Å². The predicted molar refractivity (Wildman–Crippen MR) is 449 cm³/mol. The predicted octanol–water partition coefficient (Wildman–Crippen LogP) is 24.4. The molecule has 0 spiro atoms. The Hall–Kier alpha value is -12.6. The van der Waals surface area contributed by atoms with E-state index in [1.54, 1.807) is 0 Å². The molecule has 0 N–H and O–H groups in total. The maximum Gasteiger partial charge on any atom is 0.252 e. The Morgan fingerprint density at radius 2 is 0.604 bits per heavy atom. The molecule has 4 unspecified atom stereocenters. The summed E-state index contributed by atoms with van der Waals surface area (Å²) in [6.45, 7) is 4.76. The van der Waals surface area contributed by atoms with E-state index in [2.05, 4.69) is 390 Å². The van der Waals surface area contributed by atoms with Crippen LogP contribution in [0.3, 0.4) is 0 Å². The number of hydrogen-bond donors (Lipinski definition) is 0. The van der Waals surface area contributed by atoms with Crippen molar-refractivity contribution in [3.8, 4) is 78.1 Å². The largest absolute Gasteiger partial charge is 0.366 e. The van der Waals surface area contributed by atoms with Crippen molar-refractivity contribution in [2.75, 3.05) is 14.7 Å². The molecule has 4 aliphatic rings. The van der Waals surface area contributed by atoms with E-state index in [9.17, 15) is 0 Å². The summed E-state index contributed by atoms with van der Waals surface area (Å²) in [6, 6.07) is 134. The molecule has 5 heterocycles. The first-order valence-corrected chi connectivity index (χ1v) is 37.9. The van der Waals surface area contributed by atoms with Crippen LogP contribution in [0.25, 0.3) is 122 Å². The molecule has 17 aromatic rings. The van der Waals surface area contributed by atoms with Gasteiger partial charge in [0.1, 0.15) is 0 Å². The van der Waals surface area contributed by atoms with Crippen LogP contribution in [-0.4, -0.2) is 27.9 Å². The molecule has 1 aliphatic carbocycles. The van der Waals surface area contributed by atoms with Crippen LogP contribution >= 0.6 is 0 Å². The van der Waals surface area contributed by atoms with E-state index in [1.807, 2.05) is 0 Å². The third-order valence-corrected chi connectivity index (χ3v) is 23.8. The van der Waals surface area contributed by atoms with Crippen LogP contribution in [0, 0.1) is 11.8 Å². The van der Waals surface area contributed by atoms with Crippen molar-refractivity contribution < 1.29 is 0 Å². The minimum absolute atomic E-state index is 0.248. The van der Waals surface area contributed by atoms with Gasteiger partial charge in [-0.2, -0.15) is 0 Å². The number of rotatable bonds is 11. The topological polar surface area (TPSA) is 19.6 Å². The van der Waals surface area contributed by atoms with Gasteiger partial charge in [0, 0.05) is 90.0 Å². The fourth-order valence-corrected chi connectivity index (χ4v) is 19.5. The highest BCUT2D eigenvalue weighted by Gasteiger charge is 2.47. The summed E-state index contributed by atoms with van der Waals surface area (Å²) in [5.74, 6) is 1.40. The standard InChI is InChI=1S/C100H76BN5/c1-65-53-67-55-66(2)102(78(54-65)56-67)76-49-51-88-94(61-76)105(99-84(70-33-13-5-14-34-70)57-74(68-29-9-3-10-30-68)58-85(99)71-35-15-6-16-36-71)96-63-79(104-92-47-27-23-43-82(92)83-44-24-28-48-93(83)104)64-97-98(96)101(88)89-52-50-77(103-90-45-25-21-41-80(90)81-42-22-26-46-91(81)103)62-95(89)106(97)100-86(72-37-17-7-18-38-72)59-75(69-31-11-4-12-32-69)60-87(100)73-39-19-8-20-40-73/h3-52,57-67,78H,53-56H2,1-2H3. The zero-order valence-electron chi connectivity index (χ0n) is 59.4. The molecule has 0 amide bonds. The van der Waals surface area contributed by atoms with Crippen molar-refractivity contribution in [1.82, 2.24) is 9.13 Å². The first kappa shape index (κ1) is 62.0. The van der Waals surface area contributed by atoms with Crippen LogP contribution in [0.5, 0.6) is 0 Å². The van der Waals surface area contributed by atoms with E-state index in [0.29, 0.717) is 18.0 Å². The molecule has 2 fully saturated rings. The van der Waals surface area contributed by atoms with Crippen LogP contribution in [0.1, 0.15) is 39.5 Å². The number of aromatic nitrogens is 2. The monoisotopic (exact) mass is 1360 g/mol. The van der Waals surface area contributed by atoms with Gasteiger partial charge in [0.25, 0.3) is 6.71 Å². The van der Waals surface area contributed by atoms with Gasteiger partial charge in [0.15, 0.2) is 0 Å². The SMILES string of the molecule is CC1CC2CC(C)N(c3ccc4c(c3)N(c3c(-c5ccccc5)cc(-c5ccccc5)cc3-c3ccccc3)c3cc(-n5c6ccccc6c6ccccc65)cc5c3B4c3ccc(-n4c6ccccc6c6ccccc64)cc3N5c3c(-c4ccccc4)cc(-c4ccccc4)cc3-c3ccccc3)C(C1)C2. The molecule has 2 aromatic heterocycles. The summed E-state index contributed by atoms with van der Waals surface area (Å²) in [7, 11) is 0. The summed E-state index contributed by atoms with van der Waals surface area (Å²) in [4.78, 5) is 8.37. The van der Waals surface area contributed by atoms with Gasteiger partial charge in [0.05, 0.1) is 39.1 Å². The molecule has 504 valence electrons. The Morgan fingerprint density at radius 3 is 1.00 bits per heavy atom. The molecule has 15 aromatic carbocycles. The van der Waals surface area contributed by atoms with Gasteiger partial charge in [0.2, 0.25) is 0 Å². The van der Waals surface area contributed by atoms with Crippen molar-refractivity contribution in [3.05, 3.63) is 352 Å². The van der Waals surface area contributed by atoms with E-state index in [0.717, 1.165) is 118 Å². The first-order valence-electron chi connectivity index (χ1n) is 37.9. The molecule has 0 radical (unpaired) electrons. The van der Waals surface area contributed by atoms with E-state index >= 15 is 0 Å². The summed E-state index contributed by atoms with van der Waals surface area (Å²) in [5.41, 5.74) is 32.4. The highest BCUT2D eigenvalue weighted by Crippen LogP contribution is 2.56. The molecule has 21 rings (SSSR count). The van der Waals surface area contributed by atoms with Gasteiger partial charge in [-0.05, 0) is 190 Å². The molecule has 1 saturated carbocycles. The number of nitrogens with zero attached hydrogens (tertiary/aromatic N) is 5. The second-order valence-corrected chi connectivity index (χ2v) is 30.1. The lowest BCUT2D eigenvalue weighted by atomic mass is 9.33. The molecule has 4 atom stereocenters. The van der Waals surface area contributed by atoms with Crippen molar-refractivity contribution in [1.29, 1.82) is 0 Å². The minimum Gasteiger partial charge on any atom is -0.366 e. The summed E-state index contributed by atoms with van der Waals surface area (Å²) in [6.07, 6.45) is 4.92. The lowest BCUT2D eigenvalue weighted by molar-refractivity contribution is 0.179. The minimum atomic E-state index is -0.248. The van der Waals surface area contributed by atoms with Gasteiger partial charge in [-0.15, -0.1) is 0 Å². The van der Waals surface area contributed by atoms with Gasteiger partial charge < -0.3 is 23.8 Å². The average molecular weight is 1360 g/mol. The van der Waals surface area contributed by atoms with Crippen LogP contribution in [0.15, 0.2) is 352 Å². The molecular weight excluding hydrogens is 1280 g/mol. The Kier molecular flexibility index (Phi) is 14.7. The molecule has 2 bridgehead atoms. The van der Waals surface area contributed by atoms with Crippen molar-refractivity contribution in [2.24, 2.45) is 11.8 Å². The Balaban J connectivity index is 0.962. The zero-order chi connectivity index (χ0) is 70.1. The van der Waals surface area contributed by atoms with Gasteiger partial charge >= 0.3 is 0 Å². The smallest absolute Gasteiger partial charge is 0.252 e. The van der Waals surface area contributed by atoms with E-state index in [4.69, 9.17) is 0 Å². The van der Waals surface area contributed by atoms with Crippen molar-refractivity contribution >= 4 is 107 Å². The summed E-state index contributed by atoms with van der Waals surface area (Å²) < 4.78 is 5.09. The van der Waals surface area contributed by atoms with Gasteiger partial charge in [-0.3, -0.25) is 0 Å². The second kappa shape index (κ2) is 25.1. The summed E-state index contributed by atoms with van der Waals surface area (Å²) in [5, 5.41) is 4.89. The molecular formula is C100H76BN5. The highest BCUT2D eigenvalue weighted by molar-refractivity contribution is 7.00. The molecule has 1 saturated heterocycles. The quantitative estimate of drug-likeness (QED) is 0.120. The maximum absolute atomic E-state index is 2.86. The normalized spacial score (nSPS) is 16.5. The summed E-state index contributed by atoms with van der Waals surface area (Å²) >= 11 is 0. The van der Waals surface area contributed by atoms with E-state index < -0.39 is 0 Å².